The standard InChI is InChI=1S/C12H16ClNO3/c1-8-6-11(16-2)10(13)7-9(8)4-5-14-12(15)17-3/h6-7H,4-5H2,1-3H3,(H,14,15). The second-order valence-corrected chi connectivity index (χ2v) is 3.99. The fourth-order valence-electron chi connectivity index (χ4n) is 1.49. The van der Waals surface area contributed by atoms with Crippen LogP contribution in [-0.2, 0) is 11.2 Å². The molecule has 94 valence electrons. The van der Waals surface area contributed by atoms with Gasteiger partial charge in [-0.3, -0.25) is 0 Å². The number of carbonyl (C=O) groups is 1. The molecule has 0 aliphatic rings. The maximum atomic E-state index is 10.9. The van der Waals surface area contributed by atoms with Crippen molar-refractivity contribution < 1.29 is 14.3 Å². The molecule has 0 spiro atoms. The van der Waals surface area contributed by atoms with E-state index in [2.05, 4.69) is 10.1 Å². The smallest absolute Gasteiger partial charge is 0.406 e. The van der Waals surface area contributed by atoms with Gasteiger partial charge in [-0.15, -0.1) is 0 Å². The molecular weight excluding hydrogens is 242 g/mol. The van der Waals surface area contributed by atoms with Crippen molar-refractivity contribution in [3.63, 3.8) is 0 Å². The van der Waals surface area contributed by atoms with Gasteiger partial charge in [-0.1, -0.05) is 11.6 Å². The Morgan fingerprint density at radius 2 is 2.12 bits per heavy atom. The molecule has 1 amide bonds. The first-order valence-electron chi connectivity index (χ1n) is 5.23. The minimum absolute atomic E-state index is 0.428. The number of alkyl carbamates (subject to hydrolysis) is 1. The third-order valence-corrected chi connectivity index (χ3v) is 2.75. The number of carbonyl (C=O) groups excluding carboxylic acids is 1. The molecule has 0 aliphatic heterocycles. The molecule has 0 aromatic heterocycles. The fourth-order valence-corrected chi connectivity index (χ4v) is 1.76. The van der Waals surface area contributed by atoms with E-state index in [4.69, 9.17) is 16.3 Å². The Bertz CT molecular complexity index is 407. The van der Waals surface area contributed by atoms with E-state index in [0.29, 0.717) is 23.7 Å². The van der Waals surface area contributed by atoms with Crippen LogP contribution in [0.4, 0.5) is 4.79 Å². The molecule has 0 radical (unpaired) electrons. The number of nitrogens with one attached hydrogen (secondary N) is 1. The van der Waals surface area contributed by atoms with Gasteiger partial charge in [0, 0.05) is 6.54 Å². The molecule has 1 aromatic rings. The van der Waals surface area contributed by atoms with Crippen molar-refractivity contribution in [2.75, 3.05) is 20.8 Å². The minimum atomic E-state index is -0.428. The van der Waals surface area contributed by atoms with Crippen molar-refractivity contribution in [3.8, 4) is 5.75 Å². The van der Waals surface area contributed by atoms with Crippen LogP contribution in [0.5, 0.6) is 5.75 Å². The van der Waals surface area contributed by atoms with Gasteiger partial charge in [0.15, 0.2) is 0 Å². The van der Waals surface area contributed by atoms with Gasteiger partial charge in [0.2, 0.25) is 0 Å². The quantitative estimate of drug-likeness (QED) is 0.902. The number of ether oxygens (including phenoxy) is 2. The van der Waals surface area contributed by atoms with Crippen molar-refractivity contribution in [1.29, 1.82) is 0 Å². The Kier molecular flexibility index (Phi) is 5.10. The van der Waals surface area contributed by atoms with Crippen LogP contribution in [-0.4, -0.2) is 26.9 Å². The van der Waals surface area contributed by atoms with E-state index in [1.165, 1.54) is 7.11 Å². The van der Waals surface area contributed by atoms with Gasteiger partial charge in [-0.25, -0.2) is 4.79 Å². The summed E-state index contributed by atoms with van der Waals surface area (Å²) in [4.78, 5) is 10.9. The van der Waals surface area contributed by atoms with Crippen LogP contribution in [0.15, 0.2) is 12.1 Å². The highest BCUT2D eigenvalue weighted by molar-refractivity contribution is 6.32. The molecule has 0 saturated heterocycles. The highest BCUT2D eigenvalue weighted by atomic mass is 35.5. The Morgan fingerprint density at radius 3 is 2.71 bits per heavy atom. The topological polar surface area (TPSA) is 47.6 Å². The normalized spacial score (nSPS) is 9.88. The average Bonchev–Trinajstić information content (AvgIpc) is 2.32. The molecule has 0 fully saturated rings. The number of halogens is 1. The molecular formula is C12H16ClNO3. The van der Waals surface area contributed by atoms with Crippen LogP contribution < -0.4 is 10.1 Å². The van der Waals surface area contributed by atoms with Crippen LogP contribution in [0.1, 0.15) is 11.1 Å². The summed E-state index contributed by atoms with van der Waals surface area (Å²) >= 11 is 6.03. The van der Waals surface area contributed by atoms with E-state index in [1.54, 1.807) is 7.11 Å². The van der Waals surface area contributed by atoms with E-state index in [-0.39, 0.29) is 0 Å². The van der Waals surface area contributed by atoms with Gasteiger partial charge in [0.1, 0.15) is 5.75 Å². The maximum Gasteiger partial charge on any atom is 0.406 e. The van der Waals surface area contributed by atoms with Gasteiger partial charge in [0.25, 0.3) is 0 Å². The van der Waals surface area contributed by atoms with Crippen molar-refractivity contribution in [2.24, 2.45) is 0 Å². The summed E-state index contributed by atoms with van der Waals surface area (Å²) in [7, 11) is 2.92. The monoisotopic (exact) mass is 257 g/mol. The van der Waals surface area contributed by atoms with Crippen molar-refractivity contribution >= 4 is 17.7 Å². The zero-order valence-electron chi connectivity index (χ0n) is 10.2. The largest absolute Gasteiger partial charge is 0.495 e. The Balaban J connectivity index is 2.65. The van der Waals surface area contributed by atoms with E-state index in [9.17, 15) is 4.79 Å². The van der Waals surface area contributed by atoms with Gasteiger partial charge < -0.3 is 14.8 Å². The predicted molar refractivity (Wildman–Crippen MR) is 66.9 cm³/mol. The molecule has 0 saturated carbocycles. The van der Waals surface area contributed by atoms with Gasteiger partial charge >= 0.3 is 6.09 Å². The summed E-state index contributed by atoms with van der Waals surface area (Å²) in [5.74, 6) is 0.661. The fraction of sp³-hybridized carbons (Fsp3) is 0.417. The molecule has 0 heterocycles. The van der Waals surface area contributed by atoms with Crippen molar-refractivity contribution in [1.82, 2.24) is 5.32 Å². The van der Waals surface area contributed by atoms with Crippen LogP contribution in [0.25, 0.3) is 0 Å². The average molecular weight is 258 g/mol. The first-order valence-corrected chi connectivity index (χ1v) is 5.61. The molecule has 17 heavy (non-hydrogen) atoms. The molecule has 0 atom stereocenters. The number of benzene rings is 1. The van der Waals surface area contributed by atoms with Gasteiger partial charge in [0.05, 0.1) is 19.2 Å². The summed E-state index contributed by atoms with van der Waals surface area (Å²) in [6, 6.07) is 3.74. The highest BCUT2D eigenvalue weighted by Crippen LogP contribution is 2.27. The summed E-state index contributed by atoms with van der Waals surface area (Å²) in [5.41, 5.74) is 2.16. The molecule has 1 rings (SSSR count). The molecule has 4 nitrogen and oxygen atoms in total. The molecule has 1 aromatic carbocycles. The summed E-state index contributed by atoms with van der Waals surface area (Å²) in [6.07, 6.45) is 0.271. The molecule has 5 heteroatoms. The number of hydrogen-bond acceptors (Lipinski definition) is 3. The van der Waals surface area contributed by atoms with E-state index in [0.717, 1.165) is 11.1 Å². The third-order valence-electron chi connectivity index (χ3n) is 2.46. The first-order chi connectivity index (χ1) is 8.08. The Labute approximate surface area is 106 Å². The second-order valence-electron chi connectivity index (χ2n) is 3.58. The van der Waals surface area contributed by atoms with Crippen LogP contribution >= 0.6 is 11.6 Å². The maximum absolute atomic E-state index is 10.9. The molecule has 1 N–H and O–H groups in total. The lowest BCUT2D eigenvalue weighted by atomic mass is 10.1. The summed E-state index contributed by atoms with van der Waals surface area (Å²) < 4.78 is 9.60. The van der Waals surface area contributed by atoms with Crippen molar-refractivity contribution in [2.45, 2.75) is 13.3 Å². The number of amides is 1. The second kappa shape index (κ2) is 6.35. The number of rotatable bonds is 4. The third kappa shape index (κ3) is 3.82. The molecule has 0 bridgehead atoms. The zero-order valence-corrected chi connectivity index (χ0v) is 10.9. The Hall–Kier alpha value is -1.42. The lowest BCUT2D eigenvalue weighted by Crippen LogP contribution is -2.25. The van der Waals surface area contributed by atoms with Crippen LogP contribution in [0, 0.1) is 6.92 Å². The van der Waals surface area contributed by atoms with E-state index < -0.39 is 6.09 Å². The summed E-state index contributed by atoms with van der Waals surface area (Å²) in [6.45, 7) is 2.49. The minimum Gasteiger partial charge on any atom is -0.495 e. The van der Waals surface area contributed by atoms with Crippen LogP contribution in [0.2, 0.25) is 5.02 Å². The Morgan fingerprint density at radius 1 is 1.41 bits per heavy atom. The SMILES string of the molecule is COC(=O)NCCc1cc(Cl)c(OC)cc1C. The highest BCUT2D eigenvalue weighted by Gasteiger charge is 2.06. The molecule has 0 aliphatic carbocycles. The summed E-state index contributed by atoms with van der Waals surface area (Å²) in [5, 5.41) is 3.20. The first kappa shape index (κ1) is 13.6. The van der Waals surface area contributed by atoms with E-state index >= 15 is 0 Å². The zero-order chi connectivity index (χ0) is 12.8. The number of aryl methyl sites for hydroxylation is 1. The van der Waals surface area contributed by atoms with Gasteiger partial charge in [-0.2, -0.15) is 0 Å². The number of hydrogen-bond donors (Lipinski definition) is 1. The predicted octanol–water partition coefficient (Wildman–Crippen LogP) is 2.56. The number of methoxy groups -OCH3 is 2. The van der Waals surface area contributed by atoms with Crippen LogP contribution in [0.3, 0.4) is 0 Å². The lowest BCUT2D eigenvalue weighted by Gasteiger charge is -2.10. The van der Waals surface area contributed by atoms with Gasteiger partial charge in [-0.05, 0) is 36.6 Å². The van der Waals surface area contributed by atoms with Crippen molar-refractivity contribution in [3.05, 3.63) is 28.3 Å². The molecule has 0 unspecified atom stereocenters. The lowest BCUT2D eigenvalue weighted by molar-refractivity contribution is 0.171. The van der Waals surface area contributed by atoms with E-state index in [1.807, 2.05) is 19.1 Å².